The molecular formula is C13H11ClN6O2. The zero-order valence-corrected chi connectivity index (χ0v) is 12.1. The summed E-state index contributed by atoms with van der Waals surface area (Å²) in [5.74, 6) is -0.227. The van der Waals surface area contributed by atoms with Gasteiger partial charge in [0.25, 0.3) is 0 Å². The topological polar surface area (TPSA) is 98.7 Å². The van der Waals surface area contributed by atoms with E-state index in [1.807, 2.05) is 6.07 Å². The van der Waals surface area contributed by atoms with Crippen molar-refractivity contribution in [2.75, 3.05) is 0 Å². The van der Waals surface area contributed by atoms with Crippen LogP contribution in [0, 0.1) is 0 Å². The molecule has 1 amide bonds. The van der Waals surface area contributed by atoms with Gasteiger partial charge in [-0.25, -0.2) is 0 Å². The highest BCUT2D eigenvalue weighted by molar-refractivity contribution is 6.30. The van der Waals surface area contributed by atoms with Crippen LogP contribution in [0.25, 0.3) is 0 Å². The maximum atomic E-state index is 11.9. The van der Waals surface area contributed by atoms with E-state index in [2.05, 4.69) is 25.5 Å². The Kier molecular flexibility index (Phi) is 4.10. The zero-order valence-electron chi connectivity index (χ0n) is 11.3. The molecule has 3 rings (SSSR count). The molecule has 0 spiro atoms. The summed E-state index contributed by atoms with van der Waals surface area (Å²) in [7, 11) is 0. The van der Waals surface area contributed by atoms with Gasteiger partial charge in [0.15, 0.2) is 5.82 Å². The van der Waals surface area contributed by atoms with Crippen LogP contribution >= 0.6 is 11.6 Å². The van der Waals surface area contributed by atoms with Crippen molar-refractivity contribution >= 4 is 17.5 Å². The standard InChI is InChI=1S/C13H11ClN6O2/c14-9-5-17-20(7-9)8-11-18-13(22-19-11)12(21)16-6-10-3-1-2-4-15-10/h1-5,7H,6,8H2,(H,16,21). The normalized spacial score (nSPS) is 10.6. The van der Waals surface area contributed by atoms with E-state index in [0.717, 1.165) is 5.69 Å². The van der Waals surface area contributed by atoms with E-state index in [4.69, 9.17) is 16.1 Å². The number of aromatic nitrogens is 5. The number of carbonyl (C=O) groups is 1. The Morgan fingerprint density at radius 1 is 1.41 bits per heavy atom. The molecule has 22 heavy (non-hydrogen) atoms. The number of hydrogen-bond donors (Lipinski definition) is 1. The average molecular weight is 319 g/mol. The maximum absolute atomic E-state index is 11.9. The maximum Gasteiger partial charge on any atom is 0.316 e. The van der Waals surface area contributed by atoms with Crippen LogP contribution in [0.1, 0.15) is 22.2 Å². The molecule has 3 heterocycles. The molecule has 0 atom stereocenters. The van der Waals surface area contributed by atoms with Gasteiger partial charge in [0.2, 0.25) is 0 Å². The molecule has 0 aliphatic carbocycles. The van der Waals surface area contributed by atoms with E-state index in [1.54, 1.807) is 29.2 Å². The molecule has 3 aromatic heterocycles. The Morgan fingerprint density at radius 2 is 2.32 bits per heavy atom. The molecule has 9 heteroatoms. The van der Waals surface area contributed by atoms with Gasteiger partial charge in [0.1, 0.15) is 6.54 Å². The van der Waals surface area contributed by atoms with Gasteiger partial charge in [-0.05, 0) is 12.1 Å². The van der Waals surface area contributed by atoms with Crippen LogP contribution in [0.4, 0.5) is 0 Å². The summed E-state index contributed by atoms with van der Waals surface area (Å²) >= 11 is 5.76. The second kappa shape index (κ2) is 6.35. The molecule has 0 saturated carbocycles. The highest BCUT2D eigenvalue weighted by Gasteiger charge is 2.15. The highest BCUT2D eigenvalue weighted by Crippen LogP contribution is 2.06. The summed E-state index contributed by atoms with van der Waals surface area (Å²) < 4.78 is 6.47. The van der Waals surface area contributed by atoms with E-state index in [-0.39, 0.29) is 19.0 Å². The molecule has 0 fully saturated rings. The fourth-order valence-corrected chi connectivity index (χ4v) is 1.89. The van der Waals surface area contributed by atoms with Crippen LogP contribution in [-0.4, -0.2) is 30.8 Å². The van der Waals surface area contributed by atoms with Crippen LogP contribution in [0.2, 0.25) is 5.02 Å². The van der Waals surface area contributed by atoms with Gasteiger partial charge in [-0.3, -0.25) is 14.5 Å². The van der Waals surface area contributed by atoms with Gasteiger partial charge < -0.3 is 9.84 Å². The number of amides is 1. The lowest BCUT2D eigenvalue weighted by Gasteiger charge is -2.00. The molecule has 8 nitrogen and oxygen atoms in total. The van der Waals surface area contributed by atoms with Crippen LogP contribution < -0.4 is 5.32 Å². The van der Waals surface area contributed by atoms with Crippen molar-refractivity contribution in [3.05, 3.63) is 59.2 Å². The third-order valence-electron chi connectivity index (χ3n) is 2.72. The monoisotopic (exact) mass is 318 g/mol. The number of hydrogen-bond acceptors (Lipinski definition) is 6. The summed E-state index contributed by atoms with van der Waals surface area (Å²) in [4.78, 5) is 20.0. The van der Waals surface area contributed by atoms with Gasteiger partial charge in [-0.1, -0.05) is 22.8 Å². The predicted octanol–water partition coefficient (Wildman–Crippen LogP) is 1.29. The molecule has 0 radical (unpaired) electrons. The Hall–Kier alpha value is -2.74. The lowest BCUT2D eigenvalue weighted by Crippen LogP contribution is -2.23. The molecule has 0 aromatic carbocycles. The summed E-state index contributed by atoms with van der Waals surface area (Å²) in [6, 6.07) is 5.45. The lowest BCUT2D eigenvalue weighted by atomic mass is 10.3. The summed E-state index contributed by atoms with van der Waals surface area (Å²) in [6.45, 7) is 0.551. The smallest absolute Gasteiger partial charge is 0.316 e. The molecule has 112 valence electrons. The molecule has 0 saturated heterocycles. The van der Waals surface area contributed by atoms with E-state index in [0.29, 0.717) is 10.8 Å². The Morgan fingerprint density at radius 3 is 3.05 bits per heavy atom. The van der Waals surface area contributed by atoms with Crippen molar-refractivity contribution in [3.8, 4) is 0 Å². The van der Waals surface area contributed by atoms with Gasteiger partial charge >= 0.3 is 11.8 Å². The predicted molar refractivity (Wildman–Crippen MR) is 76.0 cm³/mol. The van der Waals surface area contributed by atoms with Gasteiger partial charge in [0, 0.05) is 12.4 Å². The molecule has 0 aliphatic heterocycles. The average Bonchev–Trinajstić information content (AvgIpc) is 3.16. The Balaban J connectivity index is 1.59. The molecule has 3 aromatic rings. The Bertz CT molecular complexity index is 770. The largest absolute Gasteiger partial charge is 0.342 e. The highest BCUT2D eigenvalue weighted by atomic mass is 35.5. The minimum absolute atomic E-state index is 0.107. The van der Waals surface area contributed by atoms with E-state index < -0.39 is 5.91 Å². The number of rotatable bonds is 5. The second-order valence-corrected chi connectivity index (χ2v) is 4.81. The number of carbonyl (C=O) groups excluding carboxylic acids is 1. The first kappa shape index (κ1) is 14.2. The van der Waals surface area contributed by atoms with Crippen molar-refractivity contribution in [2.24, 2.45) is 0 Å². The number of nitrogens with one attached hydrogen (secondary N) is 1. The van der Waals surface area contributed by atoms with Crippen molar-refractivity contribution in [2.45, 2.75) is 13.1 Å². The fourth-order valence-electron chi connectivity index (χ4n) is 1.73. The first-order chi connectivity index (χ1) is 10.7. The van der Waals surface area contributed by atoms with Crippen LogP contribution in [0.5, 0.6) is 0 Å². The Labute approximate surface area is 130 Å². The first-order valence-electron chi connectivity index (χ1n) is 6.39. The summed E-state index contributed by atoms with van der Waals surface area (Å²) in [6.07, 6.45) is 4.78. The summed E-state index contributed by atoms with van der Waals surface area (Å²) in [5, 5.41) is 10.9. The summed E-state index contributed by atoms with van der Waals surface area (Å²) in [5.41, 5.74) is 0.738. The van der Waals surface area contributed by atoms with E-state index >= 15 is 0 Å². The van der Waals surface area contributed by atoms with Crippen molar-refractivity contribution < 1.29 is 9.32 Å². The first-order valence-corrected chi connectivity index (χ1v) is 6.77. The molecule has 0 aliphatic rings. The van der Waals surface area contributed by atoms with Crippen molar-refractivity contribution in [1.82, 2.24) is 30.2 Å². The number of nitrogens with zero attached hydrogens (tertiary/aromatic N) is 5. The lowest BCUT2D eigenvalue weighted by molar-refractivity contribution is 0.0906. The molecule has 1 N–H and O–H groups in total. The van der Waals surface area contributed by atoms with Crippen LogP contribution in [0.15, 0.2) is 41.3 Å². The van der Waals surface area contributed by atoms with E-state index in [1.165, 1.54) is 6.20 Å². The molecule has 0 bridgehead atoms. The quantitative estimate of drug-likeness (QED) is 0.761. The SMILES string of the molecule is O=C(NCc1ccccn1)c1nc(Cn2cc(Cl)cn2)no1. The van der Waals surface area contributed by atoms with E-state index in [9.17, 15) is 4.79 Å². The second-order valence-electron chi connectivity index (χ2n) is 4.38. The van der Waals surface area contributed by atoms with Gasteiger partial charge in [0.05, 0.1) is 23.5 Å². The minimum Gasteiger partial charge on any atom is -0.342 e. The number of halogens is 1. The zero-order chi connectivity index (χ0) is 15.4. The van der Waals surface area contributed by atoms with Crippen LogP contribution in [0.3, 0.4) is 0 Å². The van der Waals surface area contributed by atoms with Crippen LogP contribution in [-0.2, 0) is 13.1 Å². The van der Waals surface area contributed by atoms with Crippen molar-refractivity contribution in [1.29, 1.82) is 0 Å². The fraction of sp³-hybridized carbons (Fsp3) is 0.154. The third kappa shape index (κ3) is 3.47. The third-order valence-corrected chi connectivity index (χ3v) is 2.92. The molecule has 0 unspecified atom stereocenters. The minimum atomic E-state index is -0.456. The molecular weight excluding hydrogens is 308 g/mol. The van der Waals surface area contributed by atoms with Gasteiger partial charge in [-0.2, -0.15) is 10.1 Å². The number of pyridine rings is 1. The van der Waals surface area contributed by atoms with Gasteiger partial charge in [-0.15, -0.1) is 0 Å². The van der Waals surface area contributed by atoms with Crippen molar-refractivity contribution in [3.63, 3.8) is 0 Å².